The van der Waals surface area contributed by atoms with Crippen LogP contribution in [0.4, 0.5) is 18.9 Å². The molecular formula is C16H11ClF3N5O2. The molecule has 3 aromatic rings. The Balaban J connectivity index is 1.76. The summed E-state index contributed by atoms with van der Waals surface area (Å²) in [7, 11) is 0. The average Bonchev–Trinajstić information content (AvgIpc) is 2.95. The predicted molar refractivity (Wildman–Crippen MR) is 90.7 cm³/mol. The van der Waals surface area contributed by atoms with Gasteiger partial charge < -0.3 is 5.32 Å². The molecule has 0 unspecified atom stereocenters. The number of anilines is 1. The number of carbonyl (C=O) groups is 1. The lowest BCUT2D eigenvalue weighted by Crippen LogP contribution is -2.29. The van der Waals surface area contributed by atoms with Crippen LogP contribution in [-0.4, -0.2) is 25.7 Å². The van der Waals surface area contributed by atoms with Crippen LogP contribution < -0.4 is 11.0 Å². The van der Waals surface area contributed by atoms with Gasteiger partial charge in [0.2, 0.25) is 5.91 Å². The highest BCUT2D eigenvalue weighted by Gasteiger charge is 2.30. The first-order chi connectivity index (χ1) is 12.8. The second-order valence-corrected chi connectivity index (χ2v) is 5.82. The minimum atomic E-state index is -4.53. The third-order valence-electron chi connectivity index (χ3n) is 3.49. The van der Waals surface area contributed by atoms with Crippen LogP contribution in [0.5, 0.6) is 0 Å². The van der Waals surface area contributed by atoms with Gasteiger partial charge >= 0.3 is 11.9 Å². The topological polar surface area (TPSA) is 81.8 Å². The molecule has 11 heteroatoms. The number of benzene rings is 2. The van der Waals surface area contributed by atoms with E-state index in [-0.39, 0.29) is 16.4 Å². The van der Waals surface area contributed by atoms with Crippen molar-refractivity contribution in [3.63, 3.8) is 0 Å². The van der Waals surface area contributed by atoms with Crippen molar-refractivity contribution >= 4 is 23.2 Å². The van der Waals surface area contributed by atoms with Crippen molar-refractivity contribution in [1.82, 2.24) is 19.8 Å². The van der Waals surface area contributed by atoms with E-state index in [9.17, 15) is 22.8 Å². The number of alkyl halides is 3. The number of amides is 1. The molecule has 0 spiro atoms. The van der Waals surface area contributed by atoms with E-state index >= 15 is 0 Å². The van der Waals surface area contributed by atoms with Gasteiger partial charge in [-0.2, -0.15) is 22.5 Å². The first-order valence-corrected chi connectivity index (χ1v) is 7.88. The van der Waals surface area contributed by atoms with E-state index in [2.05, 4.69) is 15.7 Å². The number of nitrogens with one attached hydrogen (secondary N) is 1. The molecule has 0 aliphatic heterocycles. The van der Waals surface area contributed by atoms with E-state index in [0.29, 0.717) is 0 Å². The monoisotopic (exact) mass is 397 g/mol. The van der Waals surface area contributed by atoms with Gasteiger partial charge in [-0.25, -0.2) is 4.79 Å². The minimum absolute atomic E-state index is 0.0543. The largest absolute Gasteiger partial charge is 0.416 e. The van der Waals surface area contributed by atoms with Crippen LogP contribution in [-0.2, 0) is 17.5 Å². The number of tetrazole rings is 1. The maximum absolute atomic E-state index is 12.7. The Morgan fingerprint density at radius 2 is 1.85 bits per heavy atom. The fourth-order valence-electron chi connectivity index (χ4n) is 2.26. The van der Waals surface area contributed by atoms with Crippen molar-refractivity contribution in [1.29, 1.82) is 0 Å². The molecule has 0 fully saturated rings. The summed E-state index contributed by atoms with van der Waals surface area (Å²) in [5.74, 6) is -0.734. The second kappa shape index (κ2) is 7.23. The van der Waals surface area contributed by atoms with Gasteiger partial charge in [0.25, 0.3) is 0 Å². The Hall–Kier alpha value is -3.14. The smallest absolute Gasteiger partial charge is 0.324 e. The molecule has 2 aromatic carbocycles. The van der Waals surface area contributed by atoms with Crippen molar-refractivity contribution in [2.45, 2.75) is 12.7 Å². The van der Waals surface area contributed by atoms with E-state index < -0.39 is 29.9 Å². The molecule has 0 saturated carbocycles. The van der Waals surface area contributed by atoms with E-state index in [4.69, 9.17) is 11.6 Å². The molecule has 0 aliphatic rings. The minimum Gasteiger partial charge on any atom is -0.324 e. The number of nitrogens with zero attached hydrogens (tertiary/aromatic N) is 4. The van der Waals surface area contributed by atoms with Gasteiger partial charge in [0.05, 0.1) is 16.3 Å². The molecule has 1 N–H and O–H groups in total. The fourth-order valence-corrected chi connectivity index (χ4v) is 2.47. The van der Waals surface area contributed by atoms with E-state index in [1.807, 2.05) is 0 Å². The summed E-state index contributed by atoms with van der Waals surface area (Å²) in [6.45, 7) is -0.528. The molecule has 1 aromatic heterocycles. The Labute approximate surface area is 155 Å². The number of hydrogen-bond donors (Lipinski definition) is 1. The molecule has 27 heavy (non-hydrogen) atoms. The van der Waals surface area contributed by atoms with Gasteiger partial charge in [-0.3, -0.25) is 4.79 Å². The highest BCUT2D eigenvalue weighted by atomic mass is 35.5. The number of para-hydroxylation sites is 1. The van der Waals surface area contributed by atoms with Crippen LogP contribution in [0, 0.1) is 0 Å². The first kappa shape index (κ1) is 18.6. The molecule has 1 amide bonds. The van der Waals surface area contributed by atoms with Crippen LogP contribution in [0.15, 0.2) is 53.3 Å². The predicted octanol–water partition coefficient (Wildman–Crippen LogP) is 2.74. The quantitative estimate of drug-likeness (QED) is 0.734. The third-order valence-corrected chi connectivity index (χ3v) is 3.81. The Kier molecular flexibility index (Phi) is 5.00. The van der Waals surface area contributed by atoms with E-state index in [1.54, 1.807) is 24.3 Å². The van der Waals surface area contributed by atoms with Crippen molar-refractivity contribution in [3.05, 3.63) is 69.6 Å². The number of hydrogen-bond acceptors (Lipinski definition) is 4. The Morgan fingerprint density at radius 3 is 2.56 bits per heavy atom. The molecule has 0 radical (unpaired) electrons. The van der Waals surface area contributed by atoms with Gasteiger partial charge in [-0.15, -0.1) is 0 Å². The number of carbonyl (C=O) groups excluding carboxylic acids is 1. The molecule has 0 saturated heterocycles. The summed E-state index contributed by atoms with van der Waals surface area (Å²) < 4.78 is 39.8. The Bertz CT molecular complexity index is 1040. The summed E-state index contributed by atoms with van der Waals surface area (Å²) in [6.07, 6.45) is -4.53. The van der Waals surface area contributed by atoms with E-state index in [0.717, 1.165) is 27.6 Å². The average molecular weight is 398 g/mol. The zero-order chi connectivity index (χ0) is 19.6. The van der Waals surface area contributed by atoms with Gasteiger partial charge in [-0.1, -0.05) is 29.8 Å². The molecule has 0 aliphatic carbocycles. The molecular weight excluding hydrogens is 387 g/mol. The lowest BCUT2D eigenvalue weighted by molar-refractivity contribution is -0.137. The molecule has 0 atom stereocenters. The maximum Gasteiger partial charge on any atom is 0.416 e. The van der Waals surface area contributed by atoms with Gasteiger partial charge in [0, 0.05) is 5.69 Å². The zero-order valence-electron chi connectivity index (χ0n) is 13.4. The first-order valence-electron chi connectivity index (χ1n) is 7.50. The zero-order valence-corrected chi connectivity index (χ0v) is 14.2. The SMILES string of the molecule is O=C(Cn1nnn(-c2ccccc2Cl)c1=O)Nc1cccc(C(F)(F)F)c1. The molecule has 140 valence electrons. The summed E-state index contributed by atoms with van der Waals surface area (Å²) in [6, 6.07) is 10.6. The second-order valence-electron chi connectivity index (χ2n) is 5.41. The van der Waals surface area contributed by atoms with E-state index in [1.165, 1.54) is 6.07 Å². The van der Waals surface area contributed by atoms with Crippen LogP contribution in [0.25, 0.3) is 5.69 Å². The van der Waals surface area contributed by atoms with Crippen molar-refractivity contribution < 1.29 is 18.0 Å². The summed E-state index contributed by atoms with van der Waals surface area (Å²) >= 11 is 6.00. The molecule has 1 heterocycles. The van der Waals surface area contributed by atoms with Crippen LogP contribution in [0.3, 0.4) is 0 Å². The van der Waals surface area contributed by atoms with Gasteiger partial charge in [0.1, 0.15) is 6.54 Å². The number of halogens is 4. The van der Waals surface area contributed by atoms with Crippen molar-refractivity contribution in [3.8, 4) is 5.69 Å². The van der Waals surface area contributed by atoms with Crippen LogP contribution in [0.2, 0.25) is 5.02 Å². The molecule has 3 rings (SSSR count). The molecule has 0 bridgehead atoms. The number of aromatic nitrogens is 4. The third kappa shape index (κ3) is 4.17. The normalized spacial score (nSPS) is 11.4. The van der Waals surface area contributed by atoms with Crippen LogP contribution >= 0.6 is 11.6 Å². The summed E-state index contributed by atoms with van der Waals surface area (Å²) in [4.78, 5) is 24.4. The lowest BCUT2D eigenvalue weighted by atomic mass is 10.2. The highest BCUT2D eigenvalue weighted by Crippen LogP contribution is 2.30. The summed E-state index contributed by atoms with van der Waals surface area (Å²) in [5, 5.41) is 9.80. The van der Waals surface area contributed by atoms with Crippen molar-refractivity contribution in [2.24, 2.45) is 0 Å². The highest BCUT2D eigenvalue weighted by molar-refractivity contribution is 6.32. The Morgan fingerprint density at radius 1 is 1.11 bits per heavy atom. The van der Waals surface area contributed by atoms with Crippen LogP contribution in [0.1, 0.15) is 5.56 Å². The fraction of sp³-hybridized carbons (Fsp3) is 0.125. The molecule has 7 nitrogen and oxygen atoms in total. The summed E-state index contributed by atoms with van der Waals surface area (Å²) in [5.41, 5.74) is -1.39. The number of rotatable bonds is 4. The van der Waals surface area contributed by atoms with Crippen molar-refractivity contribution in [2.75, 3.05) is 5.32 Å². The maximum atomic E-state index is 12.7. The van der Waals surface area contributed by atoms with Gasteiger partial charge in [-0.05, 0) is 40.8 Å². The van der Waals surface area contributed by atoms with Gasteiger partial charge in [0.15, 0.2) is 0 Å². The standard InChI is InChI=1S/C16H11ClF3N5O2/c17-12-6-1-2-7-13(12)25-15(27)24(22-23-25)9-14(26)21-11-5-3-4-10(8-11)16(18,19)20/h1-8H,9H2,(H,21,26). The lowest BCUT2D eigenvalue weighted by Gasteiger charge is -2.09.